The number of halogens is 1. The van der Waals surface area contributed by atoms with Crippen LogP contribution >= 0.6 is 22.9 Å². The molecule has 3 N–H and O–H groups in total. The van der Waals surface area contributed by atoms with Gasteiger partial charge in [-0.25, -0.2) is 0 Å². The average Bonchev–Trinajstić information content (AvgIpc) is 3.46. The Morgan fingerprint density at radius 1 is 0.789 bits per heavy atom. The number of ether oxygens (including phenoxy) is 7. The van der Waals surface area contributed by atoms with E-state index in [1.165, 1.54) is 18.3 Å². The van der Waals surface area contributed by atoms with Crippen LogP contribution in [0.4, 0.5) is 5.00 Å². The number of amides is 2. The van der Waals surface area contributed by atoms with Crippen LogP contribution in [0.25, 0.3) is 0 Å². The second-order valence-corrected chi connectivity index (χ2v) is 14.1. The molecule has 318 valence electrons. The van der Waals surface area contributed by atoms with E-state index in [0.717, 1.165) is 27.4 Å². The van der Waals surface area contributed by atoms with E-state index in [-0.39, 0.29) is 18.2 Å². The molecule has 0 saturated heterocycles. The zero-order chi connectivity index (χ0) is 41.3. The summed E-state index contributed by atoms with van der Waals surface area (Å²) in [7, 11) is 0. The zero-order valence-corrected chi connectivity index (χ0v) is 35.2. The summed E-state index contributed by atoms with van der Waals surface area (Å²) in [5.74, 6) is -1.22. The highest BCUT2D eigenvalue weighted by molar-refractivity contribution is 7.18. The molecule has 0 fully saturated rings. The fourth-order valence-electron chi connectivity index (χ4n) is 5.73. The fraction of sp³-hybridized carbons (Fsp3) is 0.600. The predicted octanol–water partition coefficient (Wildman–Crippen LogP) is 4.51. The number of carboxylic acids is 1. The molecule has 0 unspecified atom stereocenters. The Labute approximate surface area is 345 Å². The molecule has 2 heterocycles. The Bertz CT molecular complexity index is 1570. The second kappa shape index (κ2) is 28.1. The number of aliphatic imine (C=N–C) groups is 1. The van der Waals surface area contributed by atoms with Crippen LogP contribution in [-0.4, -0.2) is 147 Å². The van der Waals surface area contributed by atoms with Crippen molar-refractivity contribution in [3.63, 3.8) is 0 Å². The summed E-state index contributed by atoms with van der Waals surface area (Å²) in [5, 5.41) is 16.9. The summed E-state index contributed by atoms with van der Waals surface area (Å²) in [6, 6.07) is 6.70. The quantitative estimate of drug-likeness (QED) is 0.0942. The maximum atomic E-state index is 13.5. The highest BCUT2D eigenvalue weighted by Gasteiger charge is 2.34. The minimum Gasteiger partial charge on any atom is -0.481 e. The van der Waals surface area contributed by atoms with Crippen molar-refractivity contribution in [2.24, 2.45) is 4.99 Å². The zero-order valence-electron chi connectivity index (χ0n) is 33.6. The maximum Gasteiger partial charge on any atom is 0.305 e. The number of rotatable bonds is 30. The Hall–Kier alpha value is -3.45. The van der Waals surface area contributed by atoms with Crippen LogP contribution in [0, 0.1) is 6.92 Å². The van der Waals surface area contributed by atoms with Gasteiger partial charge in [0.1, 0.15) is 11.0 Å². The van der Waals surface area contributed by atoms with E-state index in [1.807, 2.05) is 39.0 Å². The summed E-state index contributed by atoms with van der Waals surface area (Å²) in [4.78, 5) is 43.9. The molecule has 1 aliphatic rings. The Morgan fingerprint density at radius 3 is 1.70 bits per heavy atom. The van der Waals surface area contributed by atoms with Crippen LogP contribution in [0.3, 0.4) is 0 Å². The fourth-order valence-corrected chi connectivity index (χ4v) is 7.16. The van der Waals surface area contributed by atoms with Gasteiger partial charge in [-0.1, -0.05) is 36.7 Å². The molecule has 1 aliphatic heterocycles. The third kappa shape index (κ3) is 17.5. The molecule has 0 aliphatic carbocycles. The van der Waals surface area contributed by atoms with Gasteiger partial charge >= 0.3 is 5.97 Å². The first-order chi connectivity index (χ1) is 27.7. The standard InChI is InChI=1S/C40H59ClN4O11S/c1-5-7-34-33(28-35(47)48)44-37(31-8-10-32(41)11-9-31)36-29(3)38(57-40(36)45(34)6-2)39(49)43-13-15-51-17-19-53-21-23-55-25-27-56-26-24-54-22-20-52-18-16-50-14-12-42-30(4)46/h7-11,33H,5-6,12-28H2,1-4H3,(H,42,46)(H,43,49)(H,47,48)/b34-7+/t33-/m0/s1. The van der Waals surface area contributed by atoms with Gasteiger partial charge in [0.15, 0.2) is 0 Å². The van der Waals surface area contributed by atoms with Crippen molar-refractivity contribution in [2.75, 3.05) is 117 Å². The van der Waals surface area contributed by atoms with E-state index in [4.69, 9.17) is 49.8 Å². The number of hydrogen-bond acceptors (Lipinski definition) is 13. The number of fused-ring (bicyclic) bond motifs is 1. The first-order valence-electron chi connectivity index (χ1n) is 19.4. The van der Waals surface area contributed by atoms with Crippen molar-refractivity contribution >= 4 is 51.4 Å². The number of nitrogens with one attached hydrogen (secondary N) is 2. The second-order valence-electron chi connectivity index (χ2n) is 12.6. The minimum absolute atomic E-state index is 0.0736. The summed E-state index contributed by atoms with van der Waals surface area (Å²) >= 11 is 7.59. The van der Waals surface area contributed by atoms with Crippen LogP contribution in [-0.2, 0) is 42.7 Å². The van der Waals surface area contributed by atoms with Gasteiger partial charge in [0.25, 0.3) is 5.91 Å². The lowest BCUT2D eigenvalue weighted by Gasteiger charge is -2.27. The van der Waals surface area contributed by atoms with Crippen LogP contribution in [0.2, 0.25) is 5.02 Å². The van der Waals surface area contributed by atoms with Crippen LogP contribution in [0.5, 0.6) is 0 Å². The van der Waals surface area contributed by atoms with Gasteiger partial charge in [0.2, 0.25) is 5.91 Å². The molecule has 1 aromatic carbocycles. The van der Waals surface area contributed by atoms with E-state index in [9.17, 15) is 19.5 Å². The average molecular weight is 839 g/mol. The summed E-state index contributed by atoms with van der Waals surface area (Å²) in [6.07, 6.45) is 2.57. The third-order valence-electron chi connectivity index (χ3n) is 8.35. The number of thiophene rings is 1. The van der Waals surface area contributed by atoms with Crippen LogP contribution in [0.15, 0.2) is 41.0 Å². The predicted molar refractivity (Wildman–Crippen MR) is 220 cm³/mol. The SMILES string of the molecule is CC/C=C1\[C@H](CC(=O)O)N=C(c2ccc(Cl)cc2)c2c(sc(C(=O)NCCOCCOCCOCCOCCOCCOCCOCCNC(C)=O)c2C)N1CC. The molecule has 1 atom stereocenters. The normalized spacial score (nSPS) is 14.7. The van der Waals surface area contributed by atoms with Gasteiger partial charge in [-0.05, 0) is 38.0 Å². The molecule has 57 heavy (non-hydrogen) atoms. The van der Waals surface area contributed by atoms with Gasteiger partial charge in [0, 0.05) is 48.4 Å². The summed E-state index contributed by atoms with van der Waals surface area (Å²) in [5.41, 5.74) is 3.83. The van der Waals surface area contributed by atoms with E-state index < -0.39 is 12.0 Å². The smallest absolute Gasteiger partial charge is 0.305 e. The van der Waals surface area contributed by atoms with E-state index in [1.54, 1.807) is 12.1 Å². The molecule has 0 spiro atoms. The lowest BCUT2D eigenvalue weighted by Crippen LogP contribution is -2.29. The number of anilines is 1. The number of nitrogens with zero attached hydrogens (tertiary/aromatic N) is 2. The van der Waals surface area contributed by atoms with Crippen molar-refractivity contribution in [3.8, 4) is 0 Å². The largest absolute Gasteiger partial charge is 0.481 e. The van der Waals surface area contributed by atoms with Crippen LogP contribution < -0.4 is 15.5 Å². The number of carbonyl (C=O) groups is 3. The van der Waals surface area contributed by atoms with Gasteiger partial charge in [-0.2, -0.15) is 0 Å². The Morgan fingerprint density at radius 2 is 1.26 bits per heavy atom. The van der Waals surface area contributed by atoms with Crippen molar-refractivity contribution in [1.29, 1.82) is 0 Å². The number of aliphatic carboxylic acids is 1. The Balaban J connectivity index is 1.30. The number of benzene rings is 1. The van der Waals surface area contributed by atoms with Gasteiger partial charge < -0.3 is 53.8 Å². The number of hydrogen-bond donors (Lipinski definition) is 3. The highest BCUT2D eigenvalue weighted by atomic mass is 35.5. The highest BCUT2D eigenvalue weighted by Crippen LogP contribution is 2.42. The minimum atomic E-state index is -0.936. The first kappa shape index (κ1) is 47.9. The van der Waals surface area contributed by atoms with E-state index in [2.05, 4.69) is 15.5 Å². The van der Waals surface area contributed by atoms with Crippen molar-refractivity contribution in [1.82, 2.24) is 10.6 Å². The number of carbonyl (C=O) groups excluding carboxylic acids is 2. The molecule has 3 rings (SSSR count). The monoisotopic (exact) mass is 838 g/mol. The lowest BCUT2D eigenvalue weighted by atomic mass is 9.99. The number of likely N-dealkylation sites (N-methyl/N-ethyl adjacent to an activating group) is 1. The van der Waals surface area contributed by atoms with Crippen LogP contribution in [0.1, 0.15) is 60.0 Å². The Kier molecular flexibility index (Phi) is 23.6. The molecule has 1 aromatic heterocycles. The molecule has 2 aromatic rings. The van der Waals surface area contributed by atoms with E-state index in [0.29, 0.717) is 134 Å². The van der Waals surface area contributed by atoms with Crippen molar-refractivity contribution < 1.29 is 52.6 Å². The van der Waals surface area contributed by atoms with Crippen molar-refractivity contribution in [2.45, 2.75) is 46.6 Å². The van der Waals surface area contributed by atoms with Gasteiger partial charge in [-0.3, -0.25) is 19.4 Å². The first-order valence-corrected chi connectivity index (χ1v) is 20.6. The number of carboxylic acid groups (broad SMARTS) is 1. The summed E-state index contributed by atoms with van der Waals surface area (Å²) in [6.45, 7) is 14.9. The molecular formula is C40H59ClN4O11S. The third-order valence-corrected chi connectivity index (χ3v) is 9.92. The molecule has 0 saturated carbocycles. The maximum absolute atomic E-state index is 13.5. The van der Waals surface area contributed by atoms with E-state index >= 15 is 0 Å². The molecule has 0 radical (unpaired) electrons. The molecule has 0 bridgehead atoms. The van der Waals surface area contributed by atoms with Gasteiger partial charge in [-0.15, -0.1) is 11.3 Å². The van der Waals surface area contributed by atoms with Crippen molar-refractivity contribution in [3.05, 3.63) is 62.6 Å². The molecule has 15 nitrogen and oxygen atoms in total. The molecule has 17 heteroatoms. The topological polar surface area (TPSA) is 176 Å². The lowest BCUT2D eigenvalue weighted by molar-refractivity contribution is -0.137. The summed E-state index contributed by atoms with van der Waals surface area (Å²) < 4.78 is 38.5. The van der Waals surface area contributed by atoms with Gasteiger partial charge in [0.05, 0.1) is 110 Å². The number of allylic oxidation sites excluding steroid dienone is 1. The molecule has 2 amide bonds. The molecular weight excluding hydrogens is 780 g/mol.